The first-order valence-corrected chi connectivity index (χ1v) is 11.8. The number of aliphatic hydroxyl groups is 1. The van der Waals surface area contributed by atoms with E-state index in [0.717, 1.165) is 47.4 Å². The molecule has 1 aliphatic carbocycles. The number of nitrogens with two attached hydrogens (primary N) is 1. The maximum Gasteiger partial charge on any atom is 0.243 e. The average molecular weight is 443 g/mol. The summed E-state index contributed by atoms with van der Waals surface area (Å²) in [4.78, 5) is 32.7. The molecule has 0 spiro atoms. The zero-order valence-corrected chi connectivity index (χ0v) is 18.6. The van der Waals surface area contributed by atoms with Crippen molar-refractivity contribution in [1.29, 1.82) is 0 Å². The first-order valence-electron chi connectivity index (χ1n) is 10.9. The van der Waals surface area contributed by atoms with Crippen molar-refractivity contribution in [3.63, 3.8) is 0 Å². The lowest BCUT2D eigenvalue weighted by Crippen LogP contribution is -2.53. The van der Waals surface area contributed by atoms with Crippen LogP contribution in [0.3, 0.4) is 0 Å². The Labute approximate surface area is 186 Å². The van der Waals surface area contributed by atoms with E-state index in [2.05, 4.69) is 10.3 Å². The van der Waals surface area contributed by atoms with Crippen LogP contribution in [0.1, 0.15) is 43.4 Å². The second-order valence-electron chi connectivity index (χ2n) is 8.65. The molecular formula is C23H30N4O3S. The summed E-state index contributed by atoms with van der Waals surface area (Å²) in [5.41, 5.74) is 11.1. The summed E-state index contributed by atoms with van der Waals surface area (Å²) in [6, 6.07) is 6.75. The molecule has 166 valence electrons. The summed E-state index contributed by atoms with van der Waals surface area (Å²) >= 11 is 1.61. The number of nitrogens with one attached hydrogen (secondary N) is 1. The summed E-state index contributed by atoms with van der Waals surface area (Å²) in [6.45, 7) is 2.52. The van der Waals surface area contributed by atoms with Gasteiger partial charge in [-0.25, -0.2) is 4.98 Å². The van der Waals surface area contributed by atoms with Crippen molar-refractivity contribution in [2.45, 2.75) is 63.8 Å². The van der Waals surface area contributed by atoms with Crippen molar-refractivity contribution < 1.29 is 14.7 Å². The van der Waals surface area contributed by atoms with Crippen LogP contribution in [0, 0.1) is 12.8 Å². The quantitative estimate of drug-likeness (QED) is 0.636. The van der Waals surface area contributed by atoms with Crippen molar-refractivity contribution in [3.8, 4) is 10.4 Å². The molecule has 2 unspecified atom stereocenters. The minimum atomic E-state index is -0.697. The van der Waals surface area contributed by atoms with Crippen LogP contribution in [-0.2, 0) is 16.1 Å². The minimum absolute atomic E-state index is 0.167. The number of aromatic nitrogens is 1. The zero-order chi connectivity index (χ0) is 22.0. The highest BCUT2D eigenvalue weighted by molar-refractivity contribution is 7.13. The third-order valence-electron chi connectivity index (χ3n) is 6.49. The summed E-state index contributed by atoms with van der Waals surface area (Å²) in [5, 5.41) is 13.1. The van der Waals surface area contributed by atoms with Gasteiger partial charge in [0.25, 0.3) is 0 Å². The maximum atomic E-state index is 13.0. The van der Waals surface area contributed by atoms with Gasteiger partial charge in [-0.3, -0.25) is 9.59 Å². The Morgan fingerprint density at radius 2 is 2.00 bits per heavy atom. The van der Waals surface area contributed by atoms with E-state index in [9.17, 15) is 14.7 Å². The second kappa shape index (κ2) is 9.46. The molecule has 1 aromatic heterocycles. The van der Waals surface area contributed by atoms with E-state index in [1.165, 1.54) is 4.90 Å². The van der Waals surface area contributed by atoms with Gasteiger partial charge in [0.05, 0.1) is 28.2 Å². The van der Waals surface area contributed by atoms with Crippen LogP contribution in [0.2, 0.25) is 0 Å². The molecule has 4 N–H and O–H groups in total. The summed E-state index contributed by atoms with van der Waals surface area (Å²) in [5.74, 6) is -0.284. The van der Waals surface area contributed by atoms with Gasteiger partial charge < -0.3 is 21.1 Å². The predicted molar refractivity (Wildman–Crippen MR) is 120 cm³/mol. The van der Waals surface area contributed by atoms with Gasteiger partial charge in [-0.2, -0.15) is 0 Å². The van der Waals surface area contributed by atoms with Crippen LogP contribution >= 0.6 is 11.3 Å². The fourth-order valence-corrected chi connectivity index (χ4v) is 5.49. The lowest BCUT2D eigenvalue weighted by Gasteiger charge is -2.28. The van der Waals surface area contributed by atoms with Crippen molar-refractivity contribution >= 4 is 23.2 Å². The molecule has 2 heterocycles. The highest BCUT2D eigenvalue weighted by Gasteiger charge is 2.42. The number of hydrogen-bond donors (Lipinski definition) is 3. The molecule has 2 aromatic rings. The zero-order valence-electron chi connectivity index (χ0n) is 17.8. The molecule has 31 heavy (non-hydrogen) atoms. The molecule has 1 aromatic carbocycles. The molecule has 1 saturated heterocycles. The molecule has 1 saturated carbocycles. The van der Waals surface area contributed by atoms with Crippen LogP contribution in [0.5, 0.6) is 0 Å². The Balaban J connectivity index is 1.36. The molecule has 4 rings (SSSR count). The average Bonchev–Trinajstić information content (AvgIpc) is 3.52. The summed E-state index contributed by atoms with van der Waals surface area (Å²) in [6.07, 6.45) is 3.66. The Morgan fingerprint density at radius 3 is 2.65 bits per heavy atom. The molecule has 1 aliphatic heterocycles. The lowest BCUT2D eigenvalue weighted by molar-refractivity contribution is -0.140. The first kappa shape index (κ1) is 21.9. The maximum absolute atomic E-state index is 13.0. The number of nitrogens with zero attached hydrogens (tertiary/aromatic N) is 2. The number of likely N-dealkylation sites (tertiary alicyclic amines) is 1. The Kier molecular flexibility index (Phi) is 6.69. The van der Waals surface area contributed by atoms with Gasteiger partial charge in [0.1, 0.15) is 6.04 Å². The molecule has 0 radical (unpaired) electrons. The highest BCUT2D eigenvalue weighted by Crippen LogP contribution is 2.30. The third-order valence-corrected chi connectivity index (χ3v) is 7.46. The largest absolute Gasteiger partial charge is 0.391 e. The van der Waals surface area contributed by atoms with Crippen molar-refractivity contribution in [1.82, 2.24) is 15.2 Å². The standard InChI is InChI=1S/C23H30N4O3S/c1-14-21(31-13-26-14)17-8-6-15(7-9-17)11-25-22(29)19-10-18(28)12-27(19)23(30)20(24)16-4-2-3-5-16/h6-9,13,16,18-20,28H,2-5,10-12,24H2,1H3,(H,25,29)/t18?,19?,20-/m1/s1. The fourth-order valence-electron chi connectivity index (χ4n) is 4.68. The van der Waals surface area contributed by atoms with Gasteiger partial charge in [-0.1, -0.05) is 37.1 Å². The van der Waals surface area contributed by atoms with Crippen LogP contribution in [0.15, 0.2) is 29.8 Å². The number of carbonyl (C=O) groups excluding carboxylic acids is 2. The Bertz CT molecular complexity index is 923. The van der Waals surface area contributed by atoms with E-state index in [1.54, 1.807) is 11.3 Å². The summed E-state index contributed by atoms with van der Waals surface area (Å²) < 4.78 is 0. The Morgan fingerprint density at radius 1 is 1.29 bits per heavy atom. The first-order chi connectivity index (χ1) is 14.9. The van der Waals surface area contributed by atoms with Crippen molar-refractivity contribution in [3.05, 3.63) is 41.0 Å². The number of aryl methyl sites for hydroxylation is 1. The van der Waals surface area contributed by atoms with E-state index in [4.69, 9.17) is 5.73 Å². The highest BCUT2D eigenvalue weighted by atomic mass is 32.1. The molecule has 8 heteroatoms. The van der Waals surface area contributed by atoms with E-state index in [0.29, 0.717) is 6.54 Å². The SMILES string of the molecule is Cc1ncsc1-c1ccc(CNC(=O)C2CC(O)CN2C(=O)[C@H](N)C2CCCC2)cc1. The molecule has 2 amide bonds. The van der Waals surface area contributed by atoms with Gasteiger partial charge >= 0.3 is 0 Å². The normalized spacial score (nSPS) is 22.6. The lowest BCUT2D eigenvalue weighted by atomic mass is 9.97. The van der Waals surface area contributed by atoms with Gasteiger partial charge in [-0.15, -0.1) is 11.3 Å². The van der Waals surface area contributed by atoms with Gasteiger partial charge in [0.15, 0.2) is 0 Å². The van der Waals surface area contributed by atoms with Gasteiger partial charge in [-0.05, 0) is 36.8 Å². The number of carbonyl (C=O) groups is 2. The van der Waals surface area contributed by atoms with Crippen molar-refractivity contribution in [2.24, 2.45) is 11.7 Å². The Hall–Kier alpha value is -2.29. The van der Waals surface area contributed by atoms with Crippen LogP contribution < -0.4 is 11.1 Å². The van der Waals surface area contributed by atoms with Crippen LogP contribution in [-0.4, -0.2) is 51.5 Å². The van der Waals surface area contributed by atoms with E-state index in [1.807, 2.05) is 36.7 Å². The smallest absolute Gasteiger partial charge is 0.243 e. The van der Waals surface area contributed by atoms with Gasteiger partial charge in [0, 0.05) is 19.5 Å². The number of benzene rings is 1. The molecular weight excluding hydrogens is 412 g/mol. The van der Waals surface area contributed by atoms with Crippen LogP contribution in [0.4, 0.5) is 0 Å². The molecule has 2 aliphatic rings. The second-order valence-corrected chi connectivity index (χ2v) is 9.50. The van der Waals surface area contributed by atoms with Crippen LogP contribution in [0.25, 0.3) is 10.4 Å². The summed E-state index contributed by atoms with van der Waals surface area (Å²) in [7, 11) is 0. The molecule has 0 bridgehead atoms. The number of hydrogen-bond acceptors (Lipinski definition) is 6. The van der Waals surface area contributed by atoms with Gasteiger partial charge in [0.2, 0.25) is 11.8 Å². The topological polar surface area (TPSA) is 109 Å². The van der Waals surface area contributed by atoms with E-state index < -0.39 is 18.2 Å². The molecule has 2 fully saturated rings. The number of amides is 2. The van der Waals surface area contributed by atoms with E-state index >= 15 is 0 Å². The minimum Gasteiger partial charge on any atom is -0.391 e. The fraction of sp³-hybridized carbons (Fsp3) is 0.522. The monoisotopic (exact) mass is 442 g/mol. The number of β-amino-alcohol motifs (C(OH)–C–C–N with tert-alkyl or cyclic N) is 1. The molecule has 7 nitrogen and oxygen atoms in total. The third kappa shape index (κ3) is 4.81. The predicted octanol–water partition coefficient (Wildman–Crippen LogP) is 2.21. The number of thiazole rings is 1. The van der Waals surface area contributed by atoms with E-state index in [-0.39, 0.29) is 30.7 Å². The molecule has 3 atom stereocenters. The number of rotatable bonds is 6. The number of aliphatic hydroxyl groups excluding tert-OH is 1. The van der Waals surface area contributed by atoms with Crippen molar-refractivity contribution in [2.75, 3.05) is 6.54 Å².